The normalized spacial score (nSPS) is 12.3. The third-order valence-electron chi connectivity index (χ3n) is 7.63. The second kappa shape index (κ2) is 7.63. The minimum atomic E-state index is 0.100. The number of aromatic nitrogens is 1. The zero-order valence-corrected chi connectivity index (χ0v) is 20.8. The molecule has 1 nitrogen and oxygen atoms in total. The average molecular weight is 462 g/mol. The largest absolute Gasteiger partial charge is 0.265 e. The average Bonchev–Trinajstić information content (AvgIpc) is 2.91. The van der Waals surface area contributed by atoms with E-state index in [-0.39, 0.29) is 5.41 Å². The lowest BCUT2D eigenvalue weighted by Gasteiger charge is -2.23. The molecule has 1 aromatic heterocycles. The topological polar surface area (TPSA) is 12.9 Å². The monoisotopic (exact) mass is 461 g/mol. The molecule has 7 rings (SSSR count). The Morgan fingerprint density at radius 3 is 1.78 bits per heavy atom. The van der Waals surface area contributed by atoms with Gasteiger partial charge in [0.05, 0.1) is 0 Å². The van der Waals surface area contributed by atoms with Crippen molar-refractivity contribution >= 4 is 43.1 Å². The Hall–Kier alpha value is -4.23. The minimum Gasteiger partial charge on any atom is -0.265 e. The molecular formula is C35H27N. The standard InChI is InChI=1S/C35H27N/c1-35(2,3)28-19-26-10-12-29-31(23-14-16-36-17-15-23)21-32(30-13-11-27(20-28)33(26)34(29)30)25-9-8-22-6-4-5-7-24(22)18-25/h4-21H,1-3H3. The van der Waals surface area contributed by atoms with E-state index in [4.69, 9.17) is 0 Å². The molecule has 0 radical (unpaired) electrons. The van der Waals surface area contributed by atoms with E-state index in [1.165, 1.54) is 70.9 Å². The molecular weight excluding hydrogens is 434 g/mol. The van der Waals surface area contributed by atoms with Crippen molar-refractivity contribution in [3.8, 4) is 22.3 Å². The summed E-state index contributed by atoms with van der Waals surface area (Å²) in [5.41, 5.74) is 6.44. The van der Waals surface area contributed by atoms with Gasteiger partial charge >= 0.3 is 0 Å². The second-order valence-corrected chi connectivity index (χ2v) is 10.9. The molecule has 0 bridgehead atoms. The van der Waals surface area contributed by atoms with Crippen LogP contribution in [0.25, 0.3) is 65.3 Å². The second-order valence-electron chi connectivity index (χ2n) is 10.9. The Kier molecular flexibility index (Phi) is 4.47. The molecule has 172 valence electrons. The number of hydrogen-bond acceptors (Lipinski definition) is 1. The predicted octanol–water partition coefficient (Wildman–Crippen LogP) is 9.76. The van der Waals surface area contributed by atoms with Gasteiger partial charge in [0.15, 0.2) is 0 Å². The molecule has 0 N–H and O–H groups in total. The van der Waals surface area contributed by atoms with Crippen LogP contribution in [0.3, 0.4) is 0 Å². The lowest BCUT2D eigenvalue weighted by Crippen LogP contribution is -2.10. The summed E-state index contributed by atoms with van der Waals surface area (Å²) < 4.78 is 0. The molecule has 0 aliphatic heterocycles. The van der Waals surface area contributed by atoms with E-state index in [2.05, 4.69) is 123 Å². The Labute approximate surface area is 211 Å². The fourth-order valence-electron chi connectivity index (χ4n) is 5.71. The highest BCUT2D eigenvalue weighted by Crippen LogP contribution is 2.45. The molecule has 0 fully saturated rings. The summed E-state index contributed by atoms with van der Waals surface area (Å²) >= 11 is 0. The van der Waals surface area contributed by atoms with Crippen LogP contribution in [0.1, 0.15) is 26.3 Å². The summed E-state index contributed by atoms with van der Waals surface area (Å²) in [5.74, 6) is 0. The third-order valence-corrected chi connectivity index (χ3v) is 7.63. The third kappa shape index (κ3) is 3.20. The van der Waals surface area contributed by atoms with Gasteiger partial charge < -0.3 is 0 Å². The van der Waals surface area contributed by atoms with Gasteiger partial charge in [0.25, 0.3) is 0 Å². The molecule has 7 aromatic rings. The van der Waals surface area contributed by atoms with E-state index in [1.807, 2.05) is 12.4 Å². The van der Waals surface area contributed by atoms with E-state index in [0.29, 0.717) is 0 Å². The van der Waals surface area contributed by atoms with Crippen LogP contribution in [-0.4, -0.2) is 4.98 Å². The molecule has 6 aromatic carbocycles. The number of hydrogen-bond donors (Lipinski definition) is 0. The molecule has 0 unspecified atom stereocenters. The van der Waals surface area contributed by atoms with Crippen LogP contribution < -0.4 is 0 Å². The Bertz CT molecular complexity index is 1890. The highest BCUT2D eigenvalue weighted by molar-refractivity contribution is 6.28. The summed E-state index contributed by atoms with van der Waals surface area (Å²) in [7, 11) is 0. The SMILES string of the molecule is CC(C)(C)c1cc2ccc3c(-c4ccncc4)cc(-c4ccc5ccccc5c4)c4ccc(c1)c2c34. The van der Waals surface area contributed by atoms with Gasteiger partial charge in [0, 0.05) is 12.4 Å². The maximum Gasteiger partial charge on any atom is 0.0273 e. The van der Waals surface area contributed by atoms with Gasteiger partial charge in [0.1, 0.15) is 0 Å². The van der Waals surface area contributed by atoms with Gasteiger partial charge in [-0.25, -0.2) is 0 Å². The van der Waals surface area contributed by atoms with Crippen LogP contribution in [0.2, 0.25) is 0 Å². The van der Waals surface area contributed by atoms with Crippen molar-refractivity contribution in [3.05, 3.63) is 115 Å². The predicted molar refractivity (Wildman–Crippen MR) is 155 cm³/mol. The maximum absolute atomic E-state index is 4.28. The molecule has 0 amide bonds. The fraction of sp³-hybridized carbons (Fsp3) is 0.114. The van der Waals surface area contributed by atoms with Crippen LogP contribution >= 0.6 is 0 Å². The Balaban J connectivity index is 1.63. The molecule has 0 saturated heterocycles. The molecule has 0 aliphatic rings. The maximum atomic E-state index is 4.28. The fourth-order valence-corrected chi connectivity index (χ4v) is 5.71. The van der Waals surface area contributed by atoms with Crippen molar-refractivity contribution in [1.82, 2.24) is 4.98 Å². The lowest BCUT2D eigenvalue weighted by atomic mass is 9.81. The zero-order chi connectivity index (χ0) is 24.4. The summed E-state index contributed by atoms with van der Waals surface area (Å²) in [6.45, 7) is 6.87. The number of nitrogens with zero attached hydrogens (tertiary/aromatic N) is 1. The van der Waals surface area contributed by atoms with E-state index in [0.717, 1.165) is 0 Å². The van der Waals surface area contributed by atoms with Crippen molar-refractivity contribution in [3.63, 3.8) is 0 Å². The first-order chi connectivity index (χ1) is 17.5. The van der Waals surface area contributed by atoms with E-state index < -0.39 is 0 Å². The lowest BCUT2D eigenvalue weighted by molar-refractivity contribution is 0.591. The highest BCUT2D eigenvalue weighted by atomic mass is 14.6. The molecule has 1 heteroatoms. The first kappa shape index (κ1) is 21.1. The number of benzene rings is 6. The molecule has 1 heterocycles. The van der Waals surface area contributed by atoms with Crippen molar-refractivity contribution < 1.29 is 0 Å². The summed E-state index contributed by atoms with van der Waals surface area (Å²) in [4.78, 5) is 4.28. The Morgan fingerprint density at radius 2 is 1.11 bits per heavy atom. The number of rotatable bonds is 2. The van der Waals surface area contributed by atoms with Crippen LogP contribution in [0.4, 0.5) is 0 Å². The van der Waals surface area contributed by atoms with E-state index in [1.54, 1.807) is 0 Å². The highest BCUT2D eigenvalue weighted by Gasteiger charge is 2.20. The summed E-state index contributed by atoms with van der Waals surface area (Å²) in [6.07, 6.45) is 3.78. The molecule has 0 atom stereocenters. The zero-order valence-electron chi connectivity index (χ0n) is 20.8. The van der Waals surface area contributed by atoms with Crippen LogP contribution in [0, 0.1) is 0 Å². The van der Waals surface area contributed by atoms with Crippen molar-refractivity contribution in [2.45, 2.75) is 26.2 Å². The molecule has 0 aliphatic carbocycles. The van der Waals surface area contributed by atoms with Crippen LogP contribution in [0.5, 0.6) is 0 Å². The van der Waals surface area contributed by atoms with Gasteiger partial charge in [-0.1, -0.05) is 93.6 Å². The van der Waals surface area contributed by atoms with Crippen molar-refractivity contribution in [2.75, 3.05) is 0 Å². The van der Waals surface area contributed by atoms with Crippen molar-refractivity contribution in [2.24, 2.45) is 0 Å². The van der Waals surface area contributed by atoms with Crippen LogP contribution in [0.15, 0.2) is 109 Å². The first-order valence-electron chi connectivity index (χ1n) is 12.6. The minimum absolute atomic E-state index is 0.100. The molecule has 0 spiro atoms. The van der Waals surface area contributed by atoms with E-state index in [9.17, 15) is 0 Å². The van der Waals surface area contributed by atoms with Gasteiger partial charge in [-0.15, -0.1) is 0 Å². The quantitative estimate of drug-likeness (QED) is 0.233. The van der Waals surface area contributed by atoms with E-state index >= 15 is 0 Å². The number of pyridine rings is 1. The van der Waals surface area contributed by atoms with Crippen molar-refractivity contribution in [1.29, 1.82) is 0 Å². The Morgan fingerprint density at radius 1 is 0.500 bits per heavy atom. The number of fused-ring (bicyclic) bond motifs is 1. The van der Waals surface area contributed by atoms with Crippen LogP contribution in [-0.2, 0) is 5.41 Å². The summed E-state index contributed by atoms with van der Waals surface area (Å²) in [6, 6.07) is 36.1. The summed E-state index contributed by atoms with van der Waals surface area (Å²) in [5, 5.41) is 10.5. The van der Waals surface area contributed by atoms with Gasteiger partial charge in [-0.2, -0.15) is 0 Å². The first-order valence-corrected chi connectivity index (χ1v) is 12.6. The molecule has 36 heavy (non-hydrogen) atoms. The van der Waals surface area contributed by atoms with Gasteiger partial charge in [-0.3, -0.25) is 4.98 Å². The molecule has 0 saturated carbocycles. The van der Waals surface area contributed by atoms with Gasteiger partial charge in [0.2, 0.25) is 0 Å². The smallest absolute Gasteiger partial charge is 0.0273 e. The van der Waals surface area contributed by atoms with Gasteiger partial charge in [-0.05, 0) is 101 Å².